The maximum atomic E-state index is 5.78. The molecule has 0 fully saturated rings. The van der Waals surface area contributed by atoms with Crippen LogP contribution < -0.4 is 4.74 Å². The Hall–Kier alpha value is -2.39. The van der Waals surface area contributed by atoms with Crippen molar-refractivity contribution in [3.8, 4) is 11.5 Å². The Morgan fingerprint density at radius 2 is 1.70 bits per heavy atom. The van der Waals surface area contributed by atoms with Crippen molar-refractivity contribution in [2.45, 2.75) is 0 Å². The van der Waals surface area contributed by atoms with Crippen molar-refractivity contribution < 1.29 is 4.74 Å². The van der Waals surface area contributed by atoms with Crippen LogP contribution in [0.5, 0.6) is 11.5 Å². The lowest BCUT2D eigenvalue weighted by Gasteiger charge is -2.05. The second-order valence-corrected chi connectivity index (χ2v) is 5.17. The van der Waals surface area contributed by atoms with Gasteiger partial charge in [0.1, 0.15) is 11.5 Å². The number of benzene rings is 2. The third-order valence-electron chi connectivity index (χ3n) is 2.68. The molecular formula is C17H13NOS. The highest BCUT2D eigenvalue weighted by Crippen LogP contribution is 2.25. The number of hydrogen-bond donors (Lipinski definition) is 0. The van der Waals surface area contributed by atoms with E-state index in [1.165, 1.54) is 0 Å². The number of aliphatic imine (C=N–C) groups is 1. The monoisotopic (exact) mass is 279 g/mol. The van der Waals surface area contributed by atoms with Gasteiger partial charge in [0.2, 0.25) is 0 Å². The first-order valence-corrected chi connectivity index (χ1v) is 7.19. The number of para-hydroxylation sites is 1. The molecule has 1 heterocycles. The Morgan fingerprint density at radius 3 is 2.50 bits per heavy atom. The van der Waals surface area contributed by atoms with Crippen molar-refractivity contribution in [2.75, 3.05) is 0 Å². The molecule has 0 bridgehead atoms. The lowest BCUT2D eigenvalue weighted by Crippen LogP contribution is -1.82. The summed E-state index contributed by atoms with van der Waals surface area (Å²) < 4.78 is 5.78. The van der Waals surface area contributed by atoms with Gasteiger partial charge in [0, 0.05) is 17.2 Å². The van der Waals surface area contributed by atoms with Gasteiger partial charge in [-0.3, -0.25) is 4.99 Å². The molecule has 0 amide bonds. The summed E-state index contributed by atoms with van der Waals surface area (Å²) in [6.45, 7) is 0. The van der Waals surface area contributed by atoms with Crippen LogP contribution in [0.3, 0.4) is 0 Å². The Morgan fingerprint density at radius 1 is 0.850 bits per heavy atom. The van der Waals surface area contributed by atoms with E-state index in [2.05, 4.69) is 4.99 Å². The summed E-state index contributed by atoms with van der Waals surface area (Å²) in [6, 6.07) is 21.6. The Balaban J connectivity index is 1.76. The van der Waals surface area contributed by atoms with Gasteiger partial charge in [0.25, 0.3) is 0 Å². The molecule has 0 radical (unpaired) electrons. The zero-order valence-corrected chi connectivity index (χ0v) is 11.6. The van der Waals surface area contributed by atoms with Crippen molar-refractivity contribution in [2.24, 2.45) is 4.99 Å². The molecule has 0 spiro atoms. The van der Waals surface area contributed by atoms with Crippen molar-refractivity contribution >= 4 is 23.2 Å². The zero-order valence-electron chi connectivity index (χ0n) is 10.8. The van der Waals surface area contributed by atoms with Gasteiger partial charge >= 0.3 is 0 Å². The van der Waals surface area contributed by atoms with Gasteiger partial charge in [-0.1, -0.05) is 30.3 Å². The largest absolute Gasteiger partial charge is 0.457 e. The van der Waals surface area contributed by atoms with Crippen molar-refractivity contribution in [1.29, 1.82) is 0 Å². The maximum absolute atomic E-state index is 5.78. The van der Waals surface area contributed by atoms with Gasteiger partial charge in [-0.25, -0.2) is 0 Å². The van der Waals surface area contributed by atoms with Crippen LogP contribution in [-0.4, -0.2) is 6.21 Å². The van der Waals surface area contributed by atoms with Crippen LogP contribution in [-0.2, 0) is 0 Å². The maximum Gasteiger partial charge on any atom is 0.129 e. The van der Waals surface area contributed by atoms with Crippen molar-refractivity contribution in [3.05, 3.63) is 77.0 Å². The summed E-state index contributed by atoms with van der Waals surface area (Å²) in [7, 11) is 0. The zero-order chi connectivity index (χ0) is 13.6. The fourth-order valence-corrected chi connectivity index (χ4v) is 2.34. The summed E-state index contributed by atoms with van der Waals surface area (Å²) in [4.78, 5) is 5.59. The Labute approximate surface area is 122 Å². The van der Waals surface area contributed by atoms with E-state index in [-0.39, 0.29) is 0 Å². The Kier molecular flexibility index (Phi) is 3.90. The van der Waals surface area contributed by atoms with Crippen molar-refractivity contribution in [3.63, 3.8) is 0 Å². The number of rotatable bonds is 4. The molecule has 0 aliphatic carbocycles. The first kappa shape index (κ1) is 12.6. The lowest BCUT2D eigenvalue weighted by atomic mass is 10.3. The molecule has 3 rings (SSSR count). The fraction of sp³-hybridized carbons (Fsp3) is 0. The van der Waals surface area contributed by atoms with Crippen LogP contribution in [0.1, 0.15) is 4.88 Å². The van der Waals surface area contributed by atoms with Gasteiger partial charge in [0.05, 0.1) is 5.69 Å². The molecule has 20 heavy (non-hydrogen) atoms. The second-order valence-electron chi connectivity index (χ2n) is 4.19. The highest BCUT2D eigenvalue weighted by atomic mass is 32.1. The quantitative estimate of drug-likeness (QED) is 0.594. The minimum Gasteiger partial charge on any atom is -0.457 e. The molecule has 2 aromatic carbocycles. The summed E-state index contributed by atoms with van der Waals surface area (Å²) in [6.07, 6.45) is 1.87. The van der Waals surface area contributed by atoms with E-state index in [1.54, 1.807) is 11.3 Å². The van der Waals surface area contributed by atoms with Crippen LogP contribution in [0, 0.1) is 0 Å². The third kappa shape index (κ3) is 3.33. The highest BCUT2D eigenvalue weighted by molar-refractivity contribution is 7.11. The molecule has 1 aromatic heterocycles. The SMILES string of the molecule is C(=Nc1cccc(Oc2ccccc2)c1)c1cccs1. The molecular weight excluding hydrogens is 266 g/mol. The smallest absolute Gasteiger partial charge is 0.129 e. The third-order valence-corrected chi connectivity index (χ3v) is 3.49. The molecule has 2 nitrogen and oxygen atoms in total. The number of ether oxygens (including phenoxy) is 1. The molecule has 0 unspecified atom stereocenters. The van der Waals surface area contributed by atoms with Gasteiger partial charge in [-0.2, -0.15) is 0 Å². The van der Waals surface area contributed by atoms with Crippen LogP contribution >= 0.6 is 11.3 Å². The van der Waals surface area contributed by atoms with Gasteiger partial charge < -0.3 is 4.74 Å². The van der Waals surface area contributed by atoms with E-state index in [0.29, 0.717) is 0 Å². The topological polar surface area (TPSA) is 21.6 Å². The van der Waals surface area contributed by atoms with Gasteiger partial charge in [-0.05, 0) is 35.7 Å². The minimum atomic E-state index is 0.789. The summed E-state index contributed by atoms with van der Waals surface area (Å²) >= 11 is 1.67. The molecule has 98 valence electrons. The molecule has 0 N–H and O–H groups in total. The lowest BCUT2D eigenvalue weighted by molar-refractivity contribution is 0.483. The molecule has 0 saturated carbocycles. The predicted octanol–water partition coefficient (Wildman–Crippen LogP) is 5.29. The fourth-order valence-electron chi connectivity index (χ4n) is 1.75. The van der Waals surface area contributed by atoms with Gasteiger partial charge in [0.15, 0.2) is 0 Å². The number of thiophene rings is 1. The molecule has 3 aromatic rings. The molecule has 3 heteroatoms. The molecule has 0 aliphatic rings. The molecule has 0 saturated heterocycles. The summed E-state index contributed by atoms with van der Waals surface area (Å²) in [5.41, 5.74) is 0.881. The first-order chi connectivity index (χ1) is 9.90. The van der Waals surface area contributed by atoms with E-state index in [4.69, 9.17) is 4.74 Å². The number of nitrogens with zero attached hydrogens (tertiary/aromatic N) is 1. The molecule has 0 aliphatic heterocycles. The average Bonchev–Trinajstić information content (AvgIpc) is 3.00. The van der Waals surface area contributed by atoms with E-state index in [9.17, 15) is 0 Å². The van der Waals surface area contributed by atoms with E-state index in [1.807, 2.05) is 78.3 Å². The first-order valence-electron chi connectivity index (χ1n) is 6.31. The van der Waals surface area contributed by atoms with Crippen LogP contribution in [0.4, 0.5) is 5.69 Å². The highest BCUT2D eigenvalue weighted by Gasteiger charge is 1.97. The minimum absolute atomic E-state index is 0.789. The molecule has 0 atom stereocenters. The van der Waals surface area contributed by atoms with Crippen LogP contribution in [0.25, 0.3) is 0 Å². The van der Waals surface area contributed by atoms with Gasteiger partial charge in [-0.15, -0.1) is 11.3 Å². The predicted molar refractivity (Wildman–Crippen MR) is 84.5 cm³/mol. The van der Waals surface area contributed by atoms with Crippen LogP contribution in [0.2, 0.25) is 0 Å². The normalized spacial score (nSPS) is 10.8. The number of hydrogen-bond acceptors (Lipinski definition) is 3. The standard InChI is InChI=1S/C17H13NOS/c1-2-7-15(8-3-1)19-16-9-4-6-14(12-16)18-13-17-10-5-11-20-17/h1-13H. The van der Waals surface area contributed by atoms with E-state index < -0.39 is 0 Å². The summed E-state index contributed by atoms with van der Waals surface area (Å²) in [5, 5.41) is 2.04. The second kappa shape index (κ2) is 6.17. The van der Waals surface area contributed by atoms with Crippen LogP contribution in [0.15, 0.2) is 77.1 Å². The Bertz CT molecular complexity index is 690. The van der Waals surface area contributed by atoms with E-state index >= 15 is 0 Å². The van der Waals surface area contributed by atoms with E-state index in [0.717, 1.165) is 22.1 Å². The van der Waals surface area contributed by atoms with Crippen molar-refractivity contribution in [1.82, 2.24) is 0 Å². The average molecular weight is 279 g/mol. The summed E-state index contributed by atoms with van der Waals surface area (Å²) in [5.74, 6) is 1.61.